The Balaban J connectivity index is 1.55. The maximum atomic E-state index is 5.72. The van der Waals surface area contributed by atoms with Crippen molar-refractivity contribution in [2.75, 3.05) is 30.9 Å². The normalized spacial score (nSPS) is 10.4. The number of hydrogen-bond donors (Lipinski definition) is 2. The summed E-state index contributed by atoms with van der Waals surface area (Å²) < 4.78 is 10.9. The molecule has 3 rings (SSSR count). The number of methoxy groups -OCH3 is 1. The zero-order valence-electron chi connectivity index (χ0n) is 16.7. The Bertz CT molecular complexity index is 903. The molecule has 0 aliphatic heterocycles. The maximum absolute atomic E-state index is 5.72. The summed E-state index contributed by atoms with van der Waals surface area (Å²) in [6.45, 7) is 7.45. The Labute approximate surface area is 166 Å². The Morgan fingerprint density at radius 1 is 0.857 bits per heavy atom. The summed E-state index contributed by atoms with van der Waals surface area (Å²) in [5, 5.41) is 6.66. The molecule has 0 fully saturated rings. The first kappa shape index (κ1) is 19.5. The van der Waals surface area contributed by atoms with Crippen LogP contribution in [0, 0.1) is 20.8 Å². The second kappa shape index (κ2) is 9.08. The van der Waals surface area contributed by atoms with Gasteiger partial charge in [0.25, 0.3) is 0 Å². The molecular formula is C22H26N4O2. The number of aryl methyl sites for hydroxylation is 3. The number of nitrogens with zero attached hydrogens (tertiary/aromatic N) is 2. The largest absolute Gasteiger partial charge is 0.497 e. The molecule has 146 valence electrons. The molecular weight excluding hydrogens is 352 g/mol. The van der Waals surface area contributed by atoms with Crippen molar-refractivity contribution < 1.29 is 9.47 Å². The van der Waals surface area contributed by atoms with Crippen molar-refractivity contribution >= 4 is 17.3 Å². The van der Waals surface area contributed by atoms with Crippen LogP contribution >= 0.6 is 0 Å². The van der Waals surface area contributed by atoms with Gasteiger partial charge in [-0.2, -0.15) is 0 Å². The van der Waals surface area contributed by atoms with E-state index in [4.69, 9.17) is 9.47 Å². The van der Waals surface area contributed by atoms with Gasteiger partial charge in [-0.15, -0.1) is 0 Å². The van der Waals surface area contributed by atoms with Crippen LogP contribution < -0.4 is 20.1 Å². The van der Waals surface area contributed by atoms with Gasteiger partial charge in [0.1, 0.15) is 36.1 Å². The Morgan fingerprint density at radius 3 is 2.18 bits per heavy atom. The Morgan fingerprint density at radius 2 is 1.50 bits per heavy atom. The summed E-state index contributed by atoms with van der Waals surface area (Å²) in [7, 11) is 1.64. The molecule has 0 atom stereocenters. The lowest BCUT2D eigenvalue weighted by Crippen LogP contribution is -2.12. The van der Waals surface area contributed by atoms with Gasteiger partial charge in [0, 0.05) is 11.8 Å². The molecule has 0 aliphatic rings. The van der Waals surface area contributed by atoms with E-state index in [1.54, 1.807) is 13.4 Å². The molecule has 2 N–H and O–H groups in total. The van der Waals surface area contributed by atoms with E-state index in [1.807, 2.05) is 30.3 Å². The van der Waals surface area contributed by atoms with Gasteiger partial charge in [-0.3, -0.25) is 0 Å². The van der Waals surface area contributed by atoms with Gasteiger partial charge in [0.15, 0.2) is 0 Å². The van der Waals surface area contributed by atoms with Crippen molar-refractivity contribution in [3.8, 4) is 11.5 Å². The topological polar surface area (TPSA) is 68.3 Å². The number of benzene rings is 2. The fourth-order valence-corrected chi connectivity index (χ4v) is 3.05. The van der Waals surface area contributed by atoms with E-state index in [2.05, 4.69) is 53.5 Å². The predicted octanol–water partition coefficient (Wildman–Crippen LogP) is 4.64. The standard InChI is InChI=1S/C22H26N4O2/c1-15-11-16(2)22(17(3)12-15)26-21-13-20(24-14-25-21)23-9-10-28-19-7-5-18(27-4)6-8-19/h5-8,11-14H,9-10H2,1-4H3,(H2,23,24,25,26). The van der Waals surface area contributed by atoms with Gasteiger partial charge in [-0.05, 0) is 56.2 Å². The van der Waals surface area contributed by atoms with Crippen LogP contribution in [0.25, 0.3) is 0 Å². The average Bonchev–Trinajstić information content (AvgIpc) is 2.69. The number of rotatable bonds is 8. The van der Waals surface area contributed by atoms with Crippen LogP contribution in [0.3, 0.4) is 0 Å². The van der Waals surface area contributed by atoms with Crippen molar-refractivity contribution in [1.82, 2.24) is 9.97 Å². The van der Waals surface area contributed by atoms with E-state index in [0.29, 0.717) is 13.2 Å². The third-order valence-electron chi connectivity index (χ3n) is 4.33. The SMILES string of the molecule is COc1ccc(OCCNc2cc(Nc3c(C)cc(C)cc3C)ncn2)cc1. The number of hydrogen-bond acceptors (Lipinski definition) is 6. The lowest BCUT2D eigenvalue weighted by atomic mass is 10.1. The van der Waals surface area contributed by atoms with Crippen molar-refractivity contribution in [3.05, 3.63) is 65.5 Å². The number of nitrogens with one attached hydrogen (secondary N) is 2. The van der Waals surface area contributed by atoms with E-state index in [9.17, 15) is 0 Å². The highest BCUT2D eigenvalue weighted by atomic mass is 16.5. The number of anilines is 3. The highest BCUT2D eigenvalue weighted by Crippen LogP contribution is 2.25. The summed E-state index contributed by atoms with van der Waals surface area (Å²) in [6, 6.07) is 13.7. The molecule has 0 bridgehead atoms. The molecule has 0 unspecified atom stereocenters. The molecule has 1 aromatic heterocycles. The smallest absolute Gasteiger partial charge is 0.135 e. The average molecular weight is 378 g/mol. The lowest BCUT2D eigenvalue weighted by Gasteiger charge is -2.14. The summed E-state index contributed by atoms with van der Waals surface area (Å²) in [4.78, 5) is 8.60. The second-order valence-electron chi connectivity index (χ2n) is 6.64. The van der Waals surface area contributed by atoms with Gasteiger partial charge in [0.2, 0.25) is 0 Å². The van der Waals surface area contributed by atoms with Crippen LogP contribution in [0.1, 0.15) is 16.7 Å². The molecule has 0 saturated carbocycles. The van der Waals surface area contributed by atoms with E-state index in [1.165, 1.54) is 16.7 Å². The van der Waals surface area contributed by atoms with Crippen molar-refractivity contribution in [2.24, 2.45) is 0 Å². The van der Waals surface area contributed by atoms with Gasteiger partial charge in [0.05, 0.1) is 13.7 Å². The van der Waals surface area contributed by atoms with Crippen LogP contribution in [0.4, 0.5) is 17.3 Å². The van der Waals surface area contributed by atoms with E-state index in [0.717, 1.165) is 28.8 Å². The van der Waals surface area contributed by atoms with Crippen molar-refractivity contribution in [3.63, 3.8) is 0 Å². The molecule has 0 spiro atoms. The van der Waals surface area contributed by atoms with Gasteiger partial charge >= 0.3 is 0 Å². The third kappa shape index (κ3) is 5.13. The lowest BCUT2D eigenvalue weighted by molar-refractivity contribution is 0.331. The molecule has 28 heavy (non-hydrogen) atoms. The summed E-state index contributed by atoms with van der Waals surface area (Å²) >= 11 is 0. The zero-order valence-corrected chi connectivity index (χ0v) is 16.7. The van der Waals surface area contributed by atoms with Gasteiger partial charge in [-0.25, -0.2) is 9.97 Å². The summed E-state index contributed by atoms with van der Waals surface area (Å²) in [5.74, 6) is 3.12. The maximum Gasteiger partial charge on any atom is 0.135 e. The minimum Gasteiger partial charge on any atom is -0.497 e. The van der Waals surface area contributed by atoms with Gasteiger partial charge < -0.3 is 20.1 Å². The van der Waals surface area contributed by atoms with Crippen LogP contribution in [0.15, 0.2) is 48.8 Å². The molecule has 3 aromatic rings. The fourth-order valence-electron chi connectivity index (χ4n) is 3.05. The molecule has 0 aliphatic carbocycles. The van der Waals surface area contributed by atoms with Crippen LogP contribution in [-0.2, 0) is 0 Å². The predicted molar refractivity (Wildman–Crippen MR) is 113 cm³/mol. The summed E-state index contributed by atoms with van der Waals surface area (Å²) in [5.41, 5.74) is 4.72. The van der Waals surface area contributed by atoms with Crippen molar-refractivity contribution in [1.29, 1.82) is 0 Å². The van der Waals surface area contributed by atoms with E-state index < -0.39 is 0 Å². The molecule has 0 saturated heterocycles. The molecule has 2 aromatic carbocycles. The first-order valence-electron chi connectivity index (χ1n) is 9.23. The highest BCUT2D eigenvalue weighted by molar-refractivity contribution is 5.66. The molecule has 1 heterocycles. The molecule has 0 radical (unpaired) electrons. The molecule has 6 nitrogen and oxygen atoms in total. The first-order chi connectivity index (χ1) is 13.5. The number of aromatic nitrogens is 2. The third-order valence-corrected chi connectivity index (χ3v) is 4.33. The number of ether oxygens (including phenoxy) is 2. The van der Waals surface area contributed by atoms with Crippen LogP contribution in [0.5, 0.6) is 11.5 Å². The fraction of sp³-hybridized carbons (Fsp3) is 0.273. The Hall–Kier alpha value is -3.28. The minimum absolute atomic E-state index is 0.523. The van der Waals surface area contributed by atoms with Crippen molar-refractivity contribution in [2.45, 2.75) is 20.8 Å². The Kier molecular flexibility index (Phi) is 6.32. The monoisotopic (exact) mass is 378 g/mol. The van der Waals surface area contributed by atoms with E-state index >= 15 is 0 Å². The summed E-state index contributed by atoms with van der Waals surface area (Å²) in [6.07, 6.45) is 1.55. The molecule has 6 heteroatoms. The first-order valence-corrected chi connectivity index (χ1v) is 9.23. The zero-order chi connectivity index (χ0) is 19.9. The molecule has 0 amide bonds. The quantitative estimate of drug-likeness (QED) is 0.556. The van der Waals surface area contributed by atoms with E-state index in [-0.39, 0.29) is 0 Å². The van der Waals surface area contributed by atoms with Crippen LogP contribution in [-0.4, -0.2) is 30.2 Å². The van der Waals surface area contributed by atoms with Gasteiger partial charge in [-0.1, -0.05) is 17.7 Å². The minimum atomic E-state index is 0.523. The second-order valence-corrected chi connectivity index (χ2v) is 6.64. The van der Waals surface area contributed by atoms with Crippen LogP contribution in [0.2, 0.25) is 0 Å². The highest BCUT2D eigenvalue weighted by Gasteiger charge is 2.06.